The molecule has 0 unspecified atom stereocenters. The Morgan fingerprint density at radius 1 is 1.12 bits per heavy atom. The van der Waals surface area contributed by atoms with Crippen molar-refractivity contribution in [3.63, 3.8) is 0 Å². The van der Waals surface area contributed by atoms with E-state index in [4.69, 9.17) is 23.2 Å². The van der Waals surface area contributed by atoms with Crippen molar-refractivity contribution in [2.24, 2.45) is 0 Å². The first-order chi connectivity index (χ1) is 12.0. The molecule has 2 aromatic heterocycles. The molecule has 0 amide bonds. The van der Waals surface area contributed by atoms with Crippen LogP contribution in [0.2, 0.25) is 10.0 Å². The molecule has 0 spiro atoms. The molecule has 0 aliphatic rings. The van der Waals surface area contributed by atoms with Crippen LogP contribution in [0.15, 0.2) is 51.7 Å². The predicted molar refractivity (Wildman–Crippen MR) is 106 cm³/mol. The molecule has 0 N–H and O–H groups in total. The first kappa shape index (κ1) is 16.7. The van der Waals surface area contributed by atoms with Crippen LogP contribution in [-0.2, 0) is 0 Å². The van der Waals surface area contributed by atoms with Crippen LogP contribution in [0.5, 0.6) is 0 Å². The van der Waals surface area contributed by atoms with Gasteiger partial charge in [0.2, 0.25) is 4.96 Å². The number of thiazole rings is 1. The van der Waals surface area contributed by atoms with Gasteiger partial charge in [-0.25, -0.2) is 0 Å². The minimum absolute atomic E-state index is 0.202. The Labute approximate surface area is 164 Å². The lowest BCUT2D eigenvalue weighted by Crippen LogP contribution is -2.23. The third kappa shape index (κ3) is 3.22. The summed E-state index contributed by atoms with van der Waals surface area (Å²) in [6.45, 7) is 0. The fraction of sp³-hybridized carbons (Fsp3) is 0. The summed E-state index contributed by atoms with van der Waals surface area (Å²) in [6.07, 6.45) is 1.82. The highest BCUT2D eigenvalue weighted by Crippen LogP contribution is 2.28. The number of nitrogens with zero attached hydrogens (tertiary/aromatic N) is 3. The molecular formula is C17H8BrCl2N3OS. The molecule has 8 heteroatoms. The quantitative estimate of drug-likeness (QED) is 0.451. The van der Waals surface area contributed by atoms with Gasteiger partial charge in [-0.1, -0.05) is 62.6 Å². The summed E-state index contributed by atoms with van der Waals surface area (Å²) >= 11 is 16.8. The Bertz CT molecular complexity index is 1200. The summed E-state index contributed by atoms with van der Waals surface area (Å²) < 4.78 is 2.86. The van der Waals surface area contributed by atoms with Gasteiger partial charge in [0, 0.05) is 15.1 Å². The van der Waals surface area contributed by atoms with Crippen LogP contribution in [0.4, 0.5) is 0 Å². The van der Waals surface area contributed by atoms with Crippen molar-refractivity contribution in [3.05, 3.63) is 77.4 Å². The molecule has 0 aliphatic carbocycles. The van der Waals surface area contributed by atoms with Crippen molar-refractivity contribution in [1.82, 2.24) is 14.6 Å². The molecule has 0 fully saturated rings. The Morgan fingerprint density at radius 2 is 1.88 bits per heavy atom. The van der Waals surface area contributed by atoms with Gasteiger partial charge in [-0.05, 0) is 42.0 Å². The highest BCUT2D eigenvalue weighted by atomic mass is 79.9. The lowest BCUT2D eigenvalue weighted by Gasteiger charge is -1.98. The summed E-state index contributed by atoms with van der Waals surface area (Å²) in [5.74, 6) is 0.403. The van der Waals surface area contributed by atoms with E-state index >= 15 is 0 Å². The monoisotopic (exact) mass is 451 g/mol. The largest absolute Gasteiger partial charge is 0.291 e. The molecule has 0 atom stereocenters. The number of hydrogen-bond donors (Lipinski definition) is 0. The zero-order valence-corrected chi connectivity index (χ0v) is 16.3. The summed E-state index contributed by atoms with van der Waals surface area (Å²) in [5.41, 5.74) is 1.37. The van der Waals surface area contributed by atoms with Crippen LogP contribution >= 0.6 is 50.5 Å². The number of hydrogen-bond acceptors (Lipinski definition) is 4. The lowest BCUT2D eigenvalue weighted by atomic mass is 10.2. The Hall–Kier alpha value is -1.73. The maximum absolute atomic E-state index is 12.6. The minimum Gasteiger partial charge on any atom is -0.266 e. The minimum atomic E-state index is -0.202. The van der Waals surface area contributed by atoms with Crippen molar-refractivity contribution in [2.45, 2.75) is 0 Å². The molecule has 2 heterocycles. The number of fused-ring (bicyclic) bond motifs is 1. The van der Waals surface area contributed by atoms with Gasteiger partial charge in [0.25, 0.3) is 5.56 Å². The predicted octanol–water partition coefficient (Wildman–Crippen LogP) is 4.44. The molecule has 4 aromatic rings. The summed E-state index contributed by atoms with van der Waals surface area (Å²) in [7, 11) is 0. The van der Waals surface area contributed by atoms with Crippen LogP contribution in [0.3, 0.4) is 0 Å². The normalized spacial score (nSPS) is 12.2. The Morgan fingerprint density at radius 3 is 2.56 bits per heavy atom. The van der Waals surface area contributed by atoms with E-state index in [2.05, 4.69) is 26.0 Å². The molecule has 4 nitrogen and oxygen atoms in total. The topological polar surface area (TPSA) is 47.3 Å². The standard InChI is InChI=1S/C17H8BrCl2N3OS/c18-10-3-1-9(2-4-10)7-14-16(24)23-17(25-14)21-15(22-23)12-6-5-11(19)8-13(12)20/h1-8H/b14-7-. The van der Waals surface area contributed by atoms with Crippen LogP contribution < -0.4 is 10.1 Å². The van der Waals surface area contributed by atoms with Gasteiger partial charge in [0.15, 0.2) is 5.82 Å². The highest BCUT2D eigenvalue weighted by Gasteiger charge is 2.14. The molecule has 0 radical (unpaired) electrons. The second-order valence-corrected chi connectivity index (χ2v) is 7.99. The molecule has 0 bridgehead atoms. The van der Waals surface area contributed by atoms with Gasteiger partial charge in [0.05, 0.1) is 9.55 Å². The number of aromatic nitrogens is 3. The van der Waals surface area contributed by atoms with E-state index in [9.17, 15) is 4.79 Å². The van der Waals surface area contributed by atoms with E-state index in [1.54, 1.807) is 18.2 Å². The van der Waals surface area contributed by atoms with Crippen molar-refractivity contribution < 1.29 is 0 Å². The van der Waals surface area contributed by atoms with Crippen molar-refractivity contribution in [3.8, 4) is 11.4 Å². The molecule has 4 rings (SSSR count). The smallest absolute Gasteiger partial charge is 0.266 e. The summed E-state index contributed by atoms with van der Waals surface area (Å²) in [4.78, 5) is 17.5. The van der Waals surface area contributed by atoms with E-state index in [0.717, 1.165) is 10.0 Å². The van der Waals surface area contributed by atoms with Crippen LogP contribution in [-0.4, -0.2) is 14.6 Å². The molecule has 0 saturated carbocycles. The van der Waals surface area contributed by atoms with Gasteiger partial charge < -0.3 is 0 Å². The van der Waals surface area contributed by atoms with Crippen molar-refractivity contribution >= 4 is 61.5 Å². The second kappa shape index (κ2) is 6.53. The molecule has 25 heavy (non-hydrogen) atoms. The SMILES string of the molecule is O=c1/c(=C/c2ccc(Br)cc2)sc2nc(-c3ccc(Cl)cc3Cl)nn12. The number of benzene rings is 2. The Balaban J connectivity index is 1.82. The number of rotatable bonds is 2. The fourth-order valence-electron chi connectivity index (χ4n) is 2.33. The van der Waals surface area contributed by atoms with E-state index in [-0.39, 0.29) is 5.56 Å². The highest BCUT2D eigenvalue weighted by molar-refractivity contribution is 9.10. The molecule has 124 valence electrons. The Kier molecular flexibility index (Phi) is 4.37. The fourth-order valence-corrected chi connectivity index (χ4v) is 3.99. The average Bonchev–Trinajstić information content (AvgIpc) is 3.10. The zero-order chi connectivity index (χ0) is 17.6. The van der Waals surface area contributed by atoms with Crippen molar-refractivity contribution in [2.75, 3.05) is 0 Å². The van der Waals surface area contributed by atoms with Crippen molar-refractivity contribution in [1.29, 1.82) is 0 Å². The van der Waals surface area contributed by atoms with E-state index in [1.807, 2.05) is 30.3 Å². The van der Waals surface area contributed by atoms with Crippen LogP contribution in [0.1, 0.15) is 5.56 Å². The third-order valence-corrected chi connectivity index (χ3v) is 5.56. The zero-order valence-electron chi connectivity index (χ0n) is 12.4. The summed E-state index contributed by atoms with van der Waals surface area (Å²) in [6, 6.07) is 12.8. The van der Waals surface area contributed by atoms with E-state index < -0.39 is 0 Å². The number of halogens is 3. The molecule has 0 saturated heterocycles. The van der Waals surface area contributed by atoms with Gasteiger partial charge in [-0.3, -0.25) is 4.79 Å². The molecule has 0 aliphatic heterocycles. The van der Waals surface area contributed by atoms with E-state index in [0.29, 0.717) is 30.9 Å². The van der Waals surface area contributed by atoms with Crippen LogP contribution in [0.25, 0.3) is 22.4 Å². The van der Waals surface area contributed by atoms with Gasteiger partial charge in [-0.2, -0.15) is 9.50 Å². The second-order valence-electron chi connectivity index (χ2n) is 5.22. The maximum Gasteiger partial charge on any atom is 0.291 e. The van der Waals surface area contributed by atoms with Gasteiger partial charge >= 0.3 is 0 Å². The third-order valence-electron chi connectivity index (χ3n) is 3.52. The first-order valence-electron chi connectivity index (χ1n) is 7.13. The van der Waals surface area contributed by atoms with Gasteiger partial charge in [0.1, 0.15) is 0 Å². The maximum atomic E-state index is 12.6. The molecular weight excluding hydrogens is 445 g/mol. The average molecular weight is 453 g/mol. The first-order valence-corrected chi connectivity index (χ1v) is 9.50. The molecule has 2 aromatic carbocycles. The lowest BCUT2D eigenvalue weighted by molar-refractivity contribution is 0.937. The summed E-state index contributed by atoms with van der Waals surface area (Å²) in [5, 5.41) is 5.28. The van der Waals surface area contributed by atoms with E-state index in [1.165, 1.54) is 15.9 Å². The van der Waals surface area contributed by atoms with Gasteiger partial charge in [-0.15, -0.1) is 5.10 Å². The van der Waals surface area contributed by atoms with Crippen LogP contribution in [0, 0.1) is 0 Å².